The number of hydrogen-bond donors (Lipinski definition) is 1. The van der Waals surface area contributed by atoms with Crippen LogP contribution in [-0.4, -0.2) is 33.2 Å². The maximum Gasteiger partial charge on any atom is 0.277 e. The Labute approximate surface area is 221 Å². The van der Waals surface area contributed by atoms with Gasteiger partial charge in [-0.25, -0.2) is 4.98 Å². The van der Waals surface area contributed by atoms with Crippen molar-refractivity contribution in [2.75, 3.05) is 11.9 Å². The summed E-state index contributed by atoms with van der Waals surface area (Å²) in [6, 6.07) is 19.3. The number of ether oxygens (including phenoxy) is 1. The summed E-state index contributed by atoms with van der Waals surface area (Å²) in [5.41, 5.74) is 4.11. The summed E-state index contributed by atoms with van der Waals surface area (Å²) in [6.07, 6.45) is 5.80. The molecule has 0 radical (unpaired) electrons. The predicted octanol–water partition coefficient (Wildman–Crippen LogP) is 5.42. The largest absolute Gasteiger partial charge is 0.484 e. The van der Waals surface area contributed by atoms with Crippen LogP contribution in [0.5, 0.6) is 5.75 Å². The smallest absolute Gasteiger partial charge is 0.277 e. The first kappa shape index (κ1) is 25.2. The maximum atomic E-state index is 13.2. The van der Waals surface area contributed by atoms with Gasteiger partial charge in [-0.15, -0.1) is 0 Å². The maximum absolute atomic E-state index is 13.2. The number of amides is 2. The molecule has 1 aliphatic heterocycles. The fraction of sp³-hybridized carbons (Fsp3) is 0.267. The van der Waals surface area contributed by atoms with Crippen LogP contribution >= 0.6 is 0 Å². The van der Waals surface area contributed by atoms with Crippen molar-refractivity contribution in [3.05, 3.63) is 108 Å². The van der Waals surface area contributed by atoms with Crippen molar-refractivity contribution in [3.8, 4) is 5.75 Å². The van der Waals surface area contributed by atoms with Crippen LogP contribution < -0.4 is 10.1 Å². The molecule has 0 fully saturated rings. The molecular weight excluding hydrogens is 480 g/mol. The summed E-state index contributed by atoms with van der Waals surface area (Å²) >= 11 is 0. The Bertz CT molecular complexity index is 1400. The normalized spacial score (nSPS) is 14.7. The Morgan fingerprint density at radius 2 is 1.89 bits per heavy atom. The van der Waals surface area contributed by atoms with Crippen molar-refractivity contribution in [2.45, 2.75) is 39.3 Å². The van der Waals surface area contributed by atoms with Gasteiger partial charge in [-0.2, -0.15) is 0 Å². The van der Waals surface area contributed by atoms with Crippen LogP contribution in [0.1, 0.15) is 59.4 Å². The molecule has 0 spiro atoms. The Kier molecular flexibility index (Phi) is 7.49. The van der Waals surface area contributed by atoms with Gasteiger partial charge < -0.3 is 19.4 Å². The van der Waals surface area contributed by atoms with Crippen LogP contribution in [0, 0.1) is 5.92 Å². The molecule has 0 aliphatic carbocycles. The van der Waals surface area contributed by atoms with E-state index in [0.29, 0.717) is 24.4 Å². The molecule has 1 unspecified atom stereocenters. The highest BCUT2D eigenvalue weighted by molar-refractivity contribution is 6.02. The van der Waals surface area contributed by atoms with E-state index in [1.165, 1.54) is 11.8 Å². The first-order valence-electron chi connectivity index (χ1n) is 12.7. The van der Waals surface area contributed by atoms with Crippen LogP contribution in [0.3, 0.4) is 0 Å². The van der Waals surface area contributed by atoms with Crippen molar-refractivity contribution < 1.29 is 18.7 Å². The minimum Gasteiger partial charge on any atom is -0.484 e. The van der Waals surface area contributed by atoms with Gasteiger partial charge in [0.05, 0.1) is 6.04 Å². The molecule has 1 aliphatic rings. The number of fused-ring (bicyclic) bond motifs is 1. The number of carbonyl (C=O) groups is 2. The first-order chi connectivity index (χ1) is 18.5. The Hall–Kier alpha value is -4.46. The van der Waals surface area contributed by atoms with Gasteiger partial charge in [-0.1, -0.05) is 50.2 Å². The lowest BCUT2D eigenvalue weighted by atomic mass is 9.87. The number of carbonyl (C=O) groups excluding carboxylic acids is 2. The van der Waals surface area contributed by atoms with Crippen molar-refractivity contribution in [1.82, 2.24) is 14.9 Å². The van der Waals surface area contributed by atoms with Crippen LogP contribution in [-0.2, 0) is 17.8 Å². The summed E-state index contributed by atoms with van der Waals surface area (Å²) in [7, 11) is 0. The molecule has 0 bridgehead atoms. The third-order valence-corrected chi connectivity index (χ3v) is 6.45. The van der Waals surface area contributed by atoms with Crippen LogP contribution in [0.2, 0.25) is 0 Å². The van der Waals surface area contributed by atoms with Crippen LogP contribution in [0.15, 0.2) is 83.7 Å². The van der Waals surface area contributed by atoms with Gasteiger partial charge in [0.2, 0.25) is 11.8 Å². The molecule has 2 amide bonds. The molecule has 0 saturated heterocycles. The molecule has 0 saturated carbocycles. The highest BCUT2D eigenvalue weighted by Gasteiger charge is 2.32. The zero-order valence-electron chi connectivity index (χ0n) is 21.5. The number of rotatable bonds is 8. The van der Waals surface area contributed by atoms with Gasteiger partial charge in [-0.05, 0) is 53.3 Å². The van der Waals surface area contributed by atoms with Crippen molar-refractivity contribution in [1.29, 1.82) is 0 Å². The van der Waals surface area contributed by atoms with E-state index >= 15 is 0 Å². The second-order valence-electron chi connectivity index (χ2n) is 9.71. The zero-order valence-corrected chi connectivity index (χ0v) is 21.5. The fourth-order valence-electron chi connectivity index (χ4n) is 4.67. The molecule has 38 heavy (non-hydrogen) atoms. The lowest BCUT2D eigenvalue weighted by Crippen LogP contribution is -2.41. The van der Waals surface area contributed by atoms with E-state index in [4.69, 9.17) is 9.15 Å². The number of anilines is 1. The van der Waals surface area contributed by atoms with E-state index < -0.39 is 0 Å². The van der Waals surface area contributed by atoms with E-state index in [0.717, 1.165) is 17.5 Å². The molecule has 5 rings (SSSR count). The number of nitrogens with one attached hydrogen (secondary N) is 1. The van der Waals surface area contributed by atoms with Gasteiger partial charge in [0.25, 0.3) is 5.91 Å². The Morgan fingerprint density at radius 3 is 2.66 bits per heavy atom. The number of nitrogens with zero attached hydrogens (tertiary/aromatic N) is 3. The number of aromatic nitrogens is 2. The highest BCUT2D eigenvalue weighted by atomic mass is 16.5. The summed E-state index contributed by atoms with van der Waals surface area (Å²) in [5, 5.41) is 2.75. The monoisotopic (exact) mass is 510 g/mol. The van der Waals surface area contributed by atoms with E-state index in [2.05, 4.69) is 47.3 Å². The average molecular weight is 511 g/mol. The number of oxazole rings is 1. The predicted molar refractivity (Wildman–Crippen MR) is 143 cm³/mol. The first-order valence-corrected chi connectivity index (χ1v) is 12.7. The second kappa shape index (κ2) is 11.3. The molecule has 1 atom stereocenters. The Balaban J connectivity index is 1.33. The topological polar surface area (TPSA) is 97.6 Å². The summed E-state index contributed by atoms with van der Waals surface area (Å²) < 4.78 is 11.5. The number of hydrogen-bond acceptors (Lipinski definition) is 6. The van der Waals surface area contributed by atoms with Gasteiger partial charge in [-0.3, -0.25) is 14.6 Å². The van der Waals surface area contributed by atoms with Crippen molar-refractivity contribution in [2.24, 2.45) is 5.92 Å². The molecule has 4 aromatic rings. The molecular formula is C30H30N4O4. The van der Waals surface area contributed by atoms with Gasteiger partial charge in [0.15, 0.2) is 12.3 Å². The zero-order chi connectivity index (χ0) is 26.5. The van der Waals surface area contributed by atoms with E-state index in [9.17, 15) is 9.59 Å². The third-order valence-electron chi connectivity index (χ3n) is 6.45. The third kappa shape index (κ3) is 5.75. The highest BCUT2D eigenvalue weighted by Crippen LogP contribution is 2.38. The van der Waals surface area contributed by atoms with E-state index in [1.807, 2.05) is 35.2 Å². The standard InChI is InChI=1S/C30H30N4O4/c1-20(2)16-28(35)34-15-12-21-8-9-24(17-25(21)29(34)22-6-4-3-5-7-22)37-19-27-33-26(18-38-27)30(36)32-23-10-13-31-14-11-23/h3-11,13-14,17-18,20,29H,12,15-16,19H2,1-2H3,(H,31,32,36). The molecule has 3 heterocycles. The number of pyridine rings is 1. The Morgan fingerprint density at radius 1 is 1.11 bits per heavy atom. The molecule has 8 heteroatoms. The summed E-state index contributed by atoms with van der Waals surface area (Å²) in [4.78, 5) is 35.9. The molecule has 194 valence electrons. The summed E-state index contributed by atoms with van der Waals surface area (Å²) in [5.74, 6) is 0.993. The van der Waals surface area contributed by atoms with Gasteiger partial charge >= 0.3 is 0 Å². The van der Waals surface area contributed by atoms with Gasteiger partial charge in [0, 0.05) is 31.0 Å². The molecule has 1 N–H and O–H groups in total. The minimum atomic E-state index is -0.378. The minimum absolute atomic E-state index is 0.0628. The van der Waals surface area contributed by atoms with Crippen LogP contribution in [0.25, 0.3) is 0 Å². The fourth-order valence-corrected chi connectivity index (χ4v) is 4.67. The lowest BCUT2D eigenvalue weighted by Gasteiger charge is -2.38. The lowest BCUT2D eigenvalue weighted by molar-refractivity contribution is -0.134. The SMILES string of the molecule is CC(C)CC(=O)N1CCc2ccc(OCc3nc(C(=O)Nc4ccncc4)co3)cc2C1c1ccccc1. The van der Waals surface area contributed by atoms with E-state index in [1.54, 1.807) is 24.5 Å². The second-order valence-corrected chi connectivity index (χ2v) is 9.71. The number of benzene rings is 2. The van der Waals surface area contributed by atoms with Crippen molar-refractivity contribution in [3.63, 3.8) is 0 Å². The van der Waals surface area contributed by atoms with Crippen LogP contribution in [0.4, 0.5) is 5.69 Å². The summed E-state index contributed by atoms with van der Waals surface area (Å²) in [6.45, 7) is 4.87. The molecule has 2 aromatic carbocycles. The quantitative estimate of drug-likeness (QED) is 0.340. The van der Waals surface area contributed by atoms with Gasteiger partial charge in [0.1, 0.15) is 12.0 Å². The average Bonchev–Trinajstić information content (AvgIpc) is 3.41. The molecule has 8 nitrogen and oxygen atoms in total. The van der Waals surface area contributed by atoms with E-state index in [-0.39, 0.29) is 42.0 Å². The van der Waals surface area contributed by atoms with Crippen molar-refractivity contribution >= 4 is 17.5 Å². The molecule has 2 aromatic heterocycles.